The van der Waals surface area contributed by atoms with Gasteiger partial charge < -0.3 is 5.32 Å². The molecule has 0 aromatic heterocycles. The Morgan fingerprint density at radius 3 is 1.89 bits per heavy atom. The van der Waals surface area contributed by atoms with E-state index in [9.17, 15) is 4.79 Å². The van der Waals surface area contributed by atoms with Crippen LogP contribution in [0.5, 0.6) is 0 Å². The van der Waals surface area contributed by atoms with Crippen molar-refractivity contribution in [3.63, 3.8) is 0 Å². The summed E-state index contributed by atoms with van der Waals surface area (Å²) in [7, 11) is 0. The van der Waals surface area contributed by atoms with Crippen LogP contribution in [0.1, 0.15) is 80.9 Å². The first-order valence-electron chi connectivity index (χ1n) is 11.1. The number of carbonyl (C=O) groups is 1. The van der Waals surface area contributed by atoms with E-state index in [-0.39, 0.29) is 5.91 Å². The molecule has 0 bridgehead atoms. The summed E-state index contributed by atoms with van der Waals surface area (Å²) in [5.41, 5.74) is 3.98. The van der Waals surface area contributed by atoms with E-state index >= 15 is 0 Å². The highest BCUT2D eigenvalue weighted by Crippen LogP contribution is 2.13. The van der Waals surface area contributed by atoms with Gasteiger partial charge in [-0.3, -0.25) is 4.79 Å². The molecule has 2 heteroatoms. The highest BCUT2D eigenvalue weighted by Gasteiger charge is 2.01. The van der Waals surface area contributed by atoms with Gasteiger partial charge >= 0.3 is 0 Å². The van der Waals surface area contributed by atoms with E-state index in [0.29, 0.717) is 13.0 Å². The highest BCUT2D eigenvalue weighted by atomic mass is 16.1. The van der Waals surface area contributed by atoms with Gasteiger partial charge in [0.25, 0.3) is 0 Å². The van der Waals surface area contributed by atoms with Crippen LogP contribution in [0.3, 0.4) is 0 Å². The van der Waals surface area contributed by atoms with Crippen LogP contribution in [-0.4, -0.2) is 5.91 Å². The Morgan fingerprint density at radius 1 is 0.679 bits per heavy atom. The second-order valence-electron chi connectivity index (χ2n) is 7.93. The van der Waals surface area contributed by atoms with Gasteiger partial charge in [-0.2, -0.15) is 0 Å². The summed E-state index contributed by atoms with van der Waals surface area (Å²) < 4.78 is 0. The van der Waals surface area contributed by atoms with Gasteiger partial charge in [-0.15, -0.1) is 0 Å². The van der Waals surface area contributed by atoms with Crippen LogP contribution in [-0.2, 0) is 17.8 Å². The molecule has 0 radical (unpaired) electrons. The fraction of sp³-hybridized carbons (Fsp3) is 0.500. The zero-order valence-electron chi connectivity index (χ0n) is 17.6. The van der Waals surface area contributed by atoms with Crippen LogP contribution in [0.25, 0.3) is 0 Å². The molecule has 28 heavy (non-hydrogen) atoms. The molecule has 0 unspecified atom stereocenters. The number of hydrogen-bond donors (Lipinski definition) is 1. The third kappa shape index (κ3) is 10.3. The number of carbonyl (C=O) groups excluding carboxylic acids is 1. The summed E-state index contributed by atoms with van der Waals surface area (Å²) in [6, 6.07) is 19.0. The number of hydrogen-bond acceptors (Lipinski definition) is 1. The molecule has 1 N–H and O–H groups in total. The SMILES string of the molecule is Cc1ccc(CCCCCCCCCCCC(=O)NCc2ccccc2)cc1. The number of nitrogens with one attached hydrogen (secondary N) is 1. The van der Waals surface area contributed by atoms with E-state index in [0.717, 1.165) is 12.0 Å². The Morgan fingerprint density at radius 2 is 1.25 bits per heavy atom. The van der Waals surface area contributed by atoms with Crippen molar-refractivity contribution in [3.05, 3.63) is 71.3 Å². The molecule has 152 valence electrons. The Hall–Kier alpha value is -2.09. The standard InChI is InChI=1S/C26H37NO/c1-23-18-20-24(21-19-23)14-10-7-5-3-2-4-6-8-13-17-26(28)27-22-25-15-11-9-12-16-25/h9,11-12,15-16,18-21H,2-8,10,13-14,17,22H2,1H3,(H,27,28). The summed E-state index contributed by atoms with van der Waals surface area (Å²) in [4.78, 5) is 11.9. The first-order chi connectivity index (χ1) is 13.7. The summed E-state index contributed by atoms with van der Waals surface area (Å²) in [6.07, 6.45) is 13.3. The van der Waals surface area contributed by atoms with Gasteiger partial charge in [0, 0.05) is 13.0 Å². The van der Waals surface area contributed by atoms with Gasteiger partial charge in [0.15, 0.2) is 0 Å². The molecular formula is C26H37NO. The molecule has 2 aromatic carbocycles. The van der Waals surface area contributed by atoms with E-state index in [1.54, 1.807) is 0 Å². The molecule has 2 rings (SSSR count). The predicted octanol–water partition coefficient (Wildman–Crippen LogP) is 6.75. The summed E-state index contributed by atoms with van der Waals surface area (Å²) in [5, 5.41) is 3.01. The quantitative estimate of drug-likeness (QED) is 0.361. The Kier molecular flexibility index (Phi) is 11.1. The van der Waals surface area contributed by atoms with E-state index in [1.165, 1.54) is 68.9 Å². The second kappa shape index (κ2) is 14.0. The van der Waals surface area contributed by atoms with E-state index < -0.39 is 0 Å². The lowest BCUT2D eigenvalue weighted by atomic mass is 10.0. The minimum atomic E-state index is 0.178. The molecule has 0 spiro atoms. The van der Waals surface area contributed by atoms with Gasteiger partial charge in [0.1, 0.15) is 0 Å². The third-order valence-electron chi connectivity index (χ3n) is 5.32. The molecule has 2 aromatic rings. The topological polar surface area (TPSA) is 29.1 Å². The van der Waals surface area contributed by atoms with E-state index in [2.05, 4.69) is 36.5 Å². The van der Waals surface area contributed by atoms with Crippen molar-refractivity contribution in [3.8, 4) is 0 Å². The number of benzene rings is 2. The molecule has 1 amide bonds. The summed E-state index contributed by atoms with van der Waals surface area (Å²) in [6.45, 7) is 2.79. The Bertz CT molecular complexity index is 648. The van der Waals surface area contributed by atoms with Gasteiger partial charge in [0.05, 0.1) is 0 Å². The average molecular weight is 380 g/mol. The first kappa shape index (κ1) is 22.2. The smallest absolute Gasteiger partial charge is 0.220 e. The fourth-order valence-corrected chi connectivity index (χ4v) is 3.49. The van der Waals surface area contributed by atoms with Gasteiger partial charge in [-0.25, -0.2) is 0 Å². The van der Waals surface area contributed by atoms with Gasteiger partial charge in [-0.1, -0.05) is 105 Å². The van der Waals surface area contributed by atoms with Crippen LogP contribution in [0.4, 0.5) is 0 Å². The second-order valence-corrected chi connectivity index (χ2v) is 7.93. The van der Waals surface area contributed by atoms with Crippen LogP contribution < -0.4 is 5.32 Å². The number of amides is 1. The predicted molar refractivity (Wildman–Crippen MR) is 119 cm³/mol. The lowest BCUT2D eigenvalue weighted by molar-refractivity contribution is -0.121. The van der Waals surface area contributed by atoms with E-state index in [1.807, 2.05) is 30.3 Å². The monoisotopic (exact) mass is 379 g/mol. The maximum atomic E-state index is 11.9. The van der Waals surface area contributed by atoms with Gasteiger partial charge in [-0.05, 0) is 37.3 Å². The van der Waals surface area contributed by atoms with Crippen molar-refractivity contribution in [2.45, 2.75) is 84.1 Å². The van der Waals surface area contributed by atoms with Crippen molar-refractivity contribution in [1.82, 2.24) is 5.32 Å². The molecule has 0 saturated heterocycles. The molecule has 0 saturated carbocycles. The molecule has 0 atom stereocenters. The maximum Gasteiger partial charge on any atom is 0.220 e. The lowest BCUT2D eigenvalue weighted by Crippen LogP contribution is -2.22. The lowest BCUT2D eigenvalue weighted by Gasteiger charge is -2.06. The maximum absolute atomic E-state index is 11.9. The molecule has 0 aliphatic rings. The van der Waals surface area contributed by atoms with Crippen molar-refractivity contribution in [1.29, 1.82) is 0 Å². The van der Waals surface area contributed by atoms with Crippen LogP contribution in [0, 0.1) is 6.92 Å². The number of rotatable bonds is 14. The molecule has 0 aliphatic carbocycles. The number of aryl methyl sites for hydroxylation is 2. The van der Waals surface area contributed by atoms with Gasteiger partial charge in [0.2, 0.25) is 5.91 Å². The van der Waals surface area contributed by atoms with Crippen molar-refractivity contribution >= 4 is 5.91 Å². The Labute approximate surface area is 171 Å². The van der Waals surface area contributed by atoms with Crippen molar-refractivity contribution in [2.24, 2.45) is 0 Å². The van der Waals surface area contributed by atoms with Crippen molar-refractivity contribution < 1.29 is 4.79 Å². The first-order valence-corrected chi connectivity index (χ1v) is 11.1. The average Bonchev–Trinajstić information content (AvgIpc) is 2.72. The Balaban J connectivity index is 1.34. The van der Waals surface area contributed by atoms with Crippen LogP contribution in [0.2, 0.25) is 0 Å². The van der Waals surface area contributed by atoms with Crippen molar-refractivity contribution in [2.75, 3.05) is 0 Å². The number of unbranched alkanes of at least 4 members (excludes halogenated alkanes) is 8. The minimum absolute atomic E-state index is 0.178. The molecule has 2 nitrogen and oxygen atoms in total. The molecule has 0 heterocycles. The fourth-order valence-electron chi connectivity index (χ4n) is 3.49. The largest absolute Gasteiger partial charge is 0.352 e. The third-order valence-corrected chi connectivity index (χ3v) is 5.32. The normalized spacial score (nSPS) is 10.8. The summed E-state index contributed by atoms with van der Waals surface area (Å²) >= 11 is 0. The summed E-state index contributed by atoms with van der Waals surface area (Å²) in [5.74, 6) is 0.178. The molecule has 0 fully saturated rings. The molecule has 0 aliphatic heterocycles. The van der Waals surface area contributed by atoms with E-state index in [4.69, 9.17) is 0 Å². The van der Waals surface area contributed by atoms with Crippen LogP contribution >= 0.6 is 0 Å². The molecular weight excluding hydrogens is 342 g/mol. The van der Waals surface area contributed by atoms with Crippen LogP contribution in [0.15, 0.2) is 54.6 Å². The minimum Gasteiger partial charge on any atom is -0.352 e. The highest BCUT2D eigenvalue weighted by molar-refractivity contribution is 5.75. The zero-order chi connectivity index (χ0) is 19.9. The zero-order valence-corrected chi connectivity index (χ0v) is 17.6.